The van der Waals surface area contributed by atoms with Crippen LogP contribution >= 0.6 is 0 Å². The molecule has 1 atom stereocenters. The Morgan fingerprint density at radius 2 is 2.05 bits per heavy atom. The van der Waals surface area contributed by atoms with E-state index < -0.39 is 22.0 Å². The molecule has 104 valence electrons. The van der Waals surface area contributed by atoms with Crippen molar-refractivity contribution in [3.63, 3.8) is 0 Å². The van der Waals surface area contributed by atoms with Gasteiger partial charge in [0.2, 0.25) is 0 Å². The number of anilines is 1. The molecule has 1 aromatic carbocycles. The number of aliphatic hydroxyl groups is 1. The van der Waals surface area contributed by atoms with E-state index in [0.717, 1.165) is 23.2 Å². The molecule has 0 radical (unpaired) electrons. The van der Waals surface area contributed by atoms with Gasteiger partial charge >= 0.3 is 29.6 Å². The summed E-state index contributed by atoms with van der Waals surface area (Å²) in [5.41, 5.74) is 3.16. The third-order valence-corrected chi connectivity index (χ3v) is 3.50. The van der Waals surface area contributed by atoms with Crippen LogP contribution < -0.4 is 34.9 Å². The molecule has 1 aromatic rings. The minimum Gasteiger partial charge on any atom is -1.00 e. The van der Waals surface area contributed by atoms with Crippen LogP contribution in [0.1, 0.15) is 19.5 Å². The first-order valence-electron chi connectivity index (χ1n) is 5.79. The van der Waals surface area contributed by atoms with Crippen molar-refractivity contribution in [2.75, 3.05) is 17.6 Å². The van der Waals surface area contributed by atoms with Gasteiger partial charge < -0.3 is 11.8 Å². The van der Waals surface area contributed by atoms with Gasteiger partial charge in [-0.15, -0.1) is 0 Å². The van der Waals surface area contributed by atoms with Crippen molar-refractivity contribution in [1.82, 2.24) is 0 Å². The fraction of sp³-hybridized carbons (Fsp3) is 0.500. The molecule has 5 nitrogen and oxygen atoms in total. The Bertz CT molecular complexity index is 510. The maximum Gasteiger partial charge on any atom is 1.00 e. The SMILES string of the molecule is CCc1c(C)cccc1NCC(O)CS(=O)(=O)O.[H-].[Na+]. The summed E-state index contributed by atoms with van der Waals surface area (Å²) in [6.45, 7) is 4.11. The van der Waals surface area contributed by atoms with Crippen LogP contribution in [0.15, 0.2) is 18.2 Å². The van der Waals surface area contributed by atoms with Crippen LogP contribution in [0.4, 0.5) is 5.69 Å². The summed E-state index contributed by atoms with van der Waals surface area (Å²) in [6.07, 6.45) is -0.283. The van der Waals surface area contributed by atoms with Crippen LogP contribution in [0.25, 0.3) is 0 Å². The summed E-state index contributed by atoms with van der Waals surface area (Å²) >= 11 is 0. The van der Waals surface area contributed by atoms with Gasteiger partial charge in [-0.05, 0) is 30.5 Å². The number of nitrogens with one attached hydrogen (secondary N) is 1. The van der Waals surface area contributed by atoms with Gasteiger partial charge in [-0.1, -0.05) is 19.1 Å². The third-order valence-electron chi connectivity index (χ3n) is 2.69. The van der Waals surface area contributed by atoms with E-state index in [1.807, 2.05) is 32.0 Å². The van der Waals surface area contributed by atoms with Crippen molar-refractivity contribution in [3.05, 3.63) is 29.3 Å². The maximum atomic E-state index is 10.6. The van der Waals surface area contributed by atoms with Crippen molar-refractivity contribution in [3.8, 4) is 0 Å². The smallest absolute Gasteiger partial charge is 1.00 e. The fourth-order valence-corrected chi connectivity index (χ4v) is 2.47. The largest absolute Gasteiger partial charge is 1.00 e. The van der Waals surface area contributed by atoms with E-state index in [4.69, 9.17) is 4.55 Å². The fourth-order valence-electron chi connectivity index (χ4n) is 1.87. The molecule has 1 unspecified atom stereocenters. The predicted molar refractivity (Wildman–Crippen MR) is 72.6 cm³/mol. The monoisotopic (exact) mass is 297 g/mol. The number of benzene rings is 1. The van der Waals surface area contributed by atoms with Gasteiger partial charge in [-0.2, -0.15) is 8.42 Å². The molecule has 0 bridgehead atoms. The molecule has 19 heavy (non-hydrogen) atoms. The Balaban J connectivity index is 0. The first-order chi connectivity index (χ1) is 8.33. The van der Waals surface area contributed by atoms with Gasteiger partial charge in [-0.25, -0.2) is 0 Å². The normalized spacial score (nSPS) is 12.6. The molecule has 7 heteroatoms. The van der Waals surface area contributed by atoms with Crippen molar-refractivity contribution in [2.24, 2.45) is 0 Å². The zero-order valence-corrected chi connectivity index (χ0v) is 14.4. The van der Waals surface area contributed by atoms with Crippen LogP contribution in [0.5, 0.6) is 0 Å². The predicted octanol–water partition coefficient (Wildman–Crippen LogP) is -1.67. The second-order valence-electron chi connectivity index (χ2n) is 4.24. The Hall–Kier alpha value is -0.110. The molecule has 0 spiro atoms. The molecule has 0 heterocycles. The average Bonchev–Trinajstić information content (AvgIpc) is 2.24. The van der Waals surface area contributed by atoms with Gasteiger partial charge in [0.25, 0.3) is 10.1 Å². The van der Waals surface area contributed by atoms with Gasteiger partial charge in [0, 0.05) is 12.2 Å². The molecule has 0 aliphatic rings. The Morgan fingerprint density at radius 1 is 1.42 bits per heavy atom. The molecule has 0 saturated carbocycles. The molecule has 0 fully saturated rings. The summed E-state index contributed by atoms with van der Waals surface area (Å²) in [6, 6.07) is 5.77. The quantitative estimate of drug-likeness (QED) is 0.432. The van der Waals surface area contributed by atoms with Gasteiger partial charge in [-0.3, -0.25) is 4.55 Å². The van der Waals surface area contributed by atoms with E-state index in [-0.39, 0.29) is 37.5 Å². The first-order valence-corrected chi connectivity index (χ1v) is 7.40. The topological polar surface area (TPSA) is 86.6 Å². The number of hydrogen-bond acceptors (Lipinski definition) is 4. The van der Waals surface area contributed by atoms with E-state index in [2.05, 4.69) is 5.32 Å². The summed E-state index contributed by atoms with van der Waals surface area (Å²) < 4.78 is 29.8. The van der Waals surface area contributed by atoms with Crippen molar-refractivity contribution in [1.29, 1.82) is 0 Å². The maximum absolute atomic E-state index is 10.6. The van der Waals surface area contributed by atoms with Gasteiger partial charge in [0.15, 0.2) is 0 Å². The molecule has 0 amide bonds. The summed E-state index contributed by atoms with van der Waals surface area (Å²) in [4.78, 5) is 0. The number of hydrogen-bond donors (Lipinski definition) is 3. The number of aliphatic hydroxyl groups excluding tert-OH is 1. The summed E-state index contributed by atoms with van der Waals surface area (Å²) in [5, 5.41) is 12.5. The standard InChI is InChI=1S/C12H19NO4S.Na.H/c1-3-11-9(2)5-4-6-12(11)13-7-10(14)8-18(15,16)17;;/h4-6,10,13-14H,3,7-8H2,1-2H3,(H,15,16,17);;/q;+1;-1. The summed E-state index contributed by atoms with van der Waals surface area (Å²) in [5.74, 6) is -0.659. The molecule has 0 aromatic heterocycles. The minimum atomic E-state index is -4.14. The molecule has 0 aliphatic heterocycles. The summed E-state index contributed by atoms with van der Waals surface area (Å²) in [7, 11) is -4.14. The van der Waals surface area contributed by atoms with E-state index in [9.17, 15) is 13.5 Å². The van der Waals surface area contributed by atoms with Crippen LogP contribution in [-0.4, -0.2) is 36.5 Å². The molecular weight excluding hydrogens is 277 g/mol. The van der Waals surface area contributed by atoms with Gasteiger partial charge in [0.1, 0.15) is 5.75 Å². The van der Waals surface area contributed by atoms with Gasteiger partial charge in [0.05, 0.1) is 6.10 Å². The average molecular weight is 297 g/mol. The van der Waals surface area contributed by atoms with Crippen molar-refractivity contribution < 1.29 is 49.1 Å². The minimum absolute atomic E-state index is 0. The third kappa shape index (κ3) is 6.74. The van der Waals surface area contributed by atoms with Crippen molar-refractivity contribution in [2.45, 2.75) is 26.4 Å². The molecule has 3 N–H and O–H groups in total. The Morgan fingerprint density at radius 3 is 2.58 bits per heavy atom. The second-order valence-corrected chi connectivity index (χ2v) is 5.74. The Kier molecular flexibility index (Phi) is 8.19. The molecule has 0 aliphatic carbocycles. The zero-order chi connectivity index (χ0) is 13.8. The van der Waals surface area contributed by atoms with E-state index in [0.29, 0.717) is 0 Å². The first kappa shape index (κ1) is 18.9. The molecule has 0 saturated heterocycles. The van der Waals surface area contributed by atoms with E-state index in [1.165, 1.54) is 0 Å². The molecular formula is C12H20NNaO4S. The van der Waals surface area contributed by atoms with Crippen LogP contribution in [0.3, 0.4) is 0 Å². The number of aryl methyl sites for hydroxylation is 1. The van der Waals surface area contributed by atoms with Crippen LogP contribution in [0, 0.1) is 6.92 Å². The second kappa shape index (κ2) is 8.24. The zero-order valence-electron chi connectivity index (χ0n) is 12.5. The van der Waals surface area contributed by atoms with E-state index in [1.54, 1.807) is 0 Å². The Labute approximate surface area is 137 Å². The van der Waals surface area contributed by atoms with E-state index >= 15 is 0 Å². The van der Waals surface area contributed by atoms with Crippen LogP contribution in [0.2, 0.25) is 0 Å². The van der Waals surface area contributed by atoms with Crippen LogP contribution in [-0.2, 0) is 16.5 Å². The number of rotatable bonds is 6. The molecule has 1 rings (SSSR count). The van der Waals surface area contributed by atoms with Crippen molar-refractivity contribution >= 4 is 15.8 Å².